The molecule has 2 fully saturated rings. The lowest BCUT2D eigenvalue weighted by atomic mass is 10.1. The molecular formula is C22H25F3N6O. The molecule has 0 aliphatic carbocycles. The maximum absolute atomic E-state index is 15.4. The van der Waals surface area contributed by atoms with E-state index in [2.05, 4.69) is 20.3 Å². The van der Waals surface area contributed by atoms with Crippen LogP contribution in [0.1, 0.15) is 6.99 Å². The zero-order chi connectivity index (χ0) is 22.2. The highest BCUT2D eigenvalue weighted by Gasteiger charge is 2.30. The average molecular weight is 446 g/mol. The lowest BCUT2D eigenvalue weighted by Crippen LogP contribution is -2.56. The van der Waals surface area contributed by atoms with Gasteiger partial charge in [0.05, 0.1) is 36.3 Å². The molecule has 10 heteroatoms. The summed E-state index contributed by atoms with van der Waals surface area (Å²) in [6, 6.07) is 7.06. The molecule has 2 saturated heterocycles. The maximum Gasteiger partial charge on any atom is 0.247 e. The summed E-state index contributed by atoms with van der Waals surface area (Å²) >= 11 is 0. The van der Waals surface area contributed by atoms with Crippen molar-refractivity contribution in [1.82, 2.24) is 19.7 Å². The van der Waals surface area contributed by atoms with Crippen LogP contribution in [0.4, 0.5) is 30.5 Å². The maximum atomic E-state index is 15.4. The SMILES string of the molecule is Cc1cc(Nc2ncn(-c3cc(F)cc(F)c3)n2)c(F)c(N2CCN(C3COC3)CC2)c1.[HH]. The Morgan fingerprint density at radius 1 is 1.00 bits per heavy atom. The van der Waals surface area contributed by atoms with Crippen LogP contribution in [-0.2, 0) is 4.74 Å². The van der Waals surface area contributed by atoms with Crippen molar-refractivity contribution < 1.29 is 19.3 Å². The number of piperazine rings is 1. The predicted octanol–water partition coefficient (Wildman–Crippen LogP) is 3.50. The first-order chi connectivity index (χ1) is 15.5. The number of hydrogen-bond acceptors (Lipinski definition) is 6. The van der Waals surface area contributed by atoms with Gasteiger partial charge in [-0.1, -0.05) is 0 Å². The standard InChI is InChI=1S/C22H23F3N6O.H2/c1-14-6-19(27-22-26-13-31(28-22)17-9-15(23)8-16(24)10-17)21(25)20(7-14)30-4-2-29(3-5-30)18-11-32-12-18;/h6-10,13,18H,2-5,11-12H2,1H3,(H,27,28);1H. The number of anilines is 3. The van der Waals surface area contributed by atoms with Crippen molar-refractivity contribution in [1.29, 1.82) is 0 Å². The second-order valence-electron chi connectivity index (χ2n) is 8.13. The van der Waals surface area contributed by atoms with E-state index in [1.165, 1.54) is 11.0 Å². The molecule has 0 bridgehead atoms. The minimum Gasteiger partial charge on any atom is -0.378 e. The summed E-state index contributed by atoms with van der Waals surface area (Å²) in [7, 11) is 0. The fourth-order valence-electron chi connectivity index (χ4n) is 4.07. The third kappa shape index (κ3) is 4.15. The van der Waals surface area contributed by atoms with Gasteiger partial charge >= 0.3 is 0 Å². The van der Waals surface area contributed by atoms with Gasteiger partial charge in [0, 0.05) is 33.7 Å². The first-order valence-corrected chi connectivity index (χ1v) is 10.5. The minimum atomic E-state index is -0.718. The molecule has 7 nitrogen and oxygen atoms in total. The van der Waals surface area contributed by atoms with E-state index in [1.54, 1.807) is 6.07 Å². The highest BCUT2D eigenvalue weighted by molar-refractivity contribution is 5.65. The van der Waals surface area contributed by atoms with Gasteiger partial charge in [-0.05, 0) is 36.8 Å². The van der Waals surface area contributed by atoms with Crippen LogP contribution in [-0.4, -0.2) is 65.1 Å². The molecule has 170 valence electrons. The summed E-state index contributed by atoms with van der Waals surface area (Å²) in [4.78, 5) is 8.54. The summed E-state index contributed by atoms with van der Waals surface area (Å²) < 4.78 is 48.9. The van der Waals surface area contributed by atoms with Crippen LogP contribution in [0.25, 0.3) is 5.69 Å². The van der Waals surface area contributed by atoms with Crippen LogP contribution in [0.3, 0.4) is 0 Å². The van der Waals surface area contributed by atoms with E-state index in [0.717, 1.165) is 63.2 Å². The highest BCUT2D eigenvalue weighted by atomic mass is 19.1. The van der Waals surface area contributed by atoms with Gasteiger partial charge in [0.25, 0.3) is 0 Å². The Kier molecular flexibility index (Phi) is 5.48. The summed E-state index contributed by atoms with van der Waals surface area (Å²) in [6.45, 7) is 6.63. The number of nitrogens with one attached hydrogen (secondary N) is 1. The number of halogens is 3. The predicted molar refractivity (Wildman–Crippen MR) is 116 cm³/mol. The van der Waals surface area contributed by atoms with E-state index in [-0.39, 0.29) is 24.6 Å². The molecule has 5 rings (SSSR count). The van der Waals surface area contributed by atoms with Crippen molar-refractivity contribution in [2.45, 2.75) is 13.0 Å². The molecule has 32 heavy (non-hydrogen) atoms. The fourth-order valence-corrected chi connectivity index (χ4v) is 4.07. The molecule has 2 aromatic carbocycles. The Bertz CT molecular complexity index is 1110. The van der Waals surface area contributed by atoms with Gasteiger partial charge in [0.15, 0.2) is 5.82 Å². The number of benzene rings is 2. The molecule has 2 aliphatic heterocycles. The molecule has 3 aromatic rings. The molecule has 0 saturated carbocycles. The molecule has 1 aromatic heterocycles. The Labute approximate surface area is 184 Å². The van der Waals surface area contributed by atoms with Crippen LogP contribution in [0, 0.1) is 24.4 Å². The lowest BCUT2D eigenvalue weighted by Gasteiger charge is -2.43. The van der Waals surface area contributed by atoms with Crippen molar-refractivity contribution in [3.63, 3.8) is 0 Å². The molecule has 0 spiro atoms. The van der Waals surface area contributed by atoms with Crippen molar-refractivity contribution in [2.75, 3.05) is 49.6 Å². The van der Waals surface area contributed by atoms with Gasteiger partial charge in [0.2, 0.25) is 5.95 Å². The number of nitrogens with zero attached hydrogens (tertiary/aromatic N) is 5. The summed E-state index contributed by atoms with van der Waals surface area (Å²) in [5.41, 5.74) is 1.86. The Hall–Kier alpha value is -3.11. The van der Waals surface area contributed by atoms with Crippen molar-refractivity contribution in [3.8, 4) is 5.69 Å². The first-order valence-electron chi connectivity index (χ1n) is 10.5. The second-order valence-corrected chi connectivity index (χ2v) is 8.13. The van der Waals surface area contributed by atoms with Crippen LogP contribution in [0.2, 0.25) is 0 Å². The van der Waals surface area contributed by atoms with Gasteiger partial charge in [0.1, 0.15) is 18.0 Å². The quantitative estimate of drug-likeness (QED) is 0.648. The number of aromatic nitrogens is 3. The number of hydrogen-bond donors (Lipinski definition) is 1. The second kappa shape index (κ2) is 8.44. The summed E-state index contributed by atoms with van der Waals surface area (Å²) in [5.74, 6) is -1.70. The molecule has 3 heterocycles. The zero-order valence-electron chi connectivity index (χ0n) is 17.6. The normalized spacial score (nSPS) is 17.4. The fraction of sp³-hybridized carbons (Fsp3) is 0.364. The van der Waals surface area contributed by atoms with E-state index in [4.69, 9.17) is 4.74 Å². The minimum absolute atomic E-state index is 0. The molecule has 0 atom stereocenters. The van der Waals surface area contributed by atoms with E-state index in [0.29, 0.717) is 11.7 Å². The topological polar surface area (TPSA) is 58.5 Å². The van der Waals surface area contributed by atoms with Crippen molar-refractivity contribution in [3.05, 3.63) is 59.7 Å². The Morgan fingerprint density at radius 3 is 2.38 bits per heavy atom. The monoisotopic (exact) mass is 446 g/mol. The van der Waals surface area contributed by atoms with E-state index in [9.17, 15) is 8.78 Å². The van der Waals surface area contributed by atoms with E-state index < -0.39 is 11.6 Å². The van der Waals surface area contributed by atoms with E-state index >= 15 is 4.39 Å². The zero-order valence-corrected chi connectivity index (χ0v) is 17.6. The van der Waals surface area contributed by atoms with Crippen LogP contribution < -0.4 is 10.2 Å². The lowest BCUT2D eigenvalue weighted by molar-refractivity contribution is -0.0660. The van der Waals surface area contributed by atoms with Gasteiger partial charge in [-0.15, -0.1) is 5.10 Å². The number of ether oxygens (including phenoxy) is 1. The Morgan fingerprint density at radius 2 is 1.72 bits per heavy atom. The Balaban J connectivity index is 0.00000259. The largest absolute Gasteiger partial charge is 0.378 e. The molecule has 0 radical (unpaired) electrons. The molecule has 2 aliphatic rings. The summed E-state index contributed by atoms with van der Waals surface area (Å²) in [6.07, 6.45) is 1.31. The van der Waals surface area contributed by atoms with Crippen molar-refractivity contribution in [2.24, 2.45) is 0 Å². The number of rotatable bonds is 5. The third-order valence-corrected chi connectivity index (χ3v) is 5.84. The smallest absolute Gasteiger partial charge is 0.247 e. The highest BCUT2D eigenvalue weighted by Crippen LogP contribution is 2.30. The first kappa shape index (κ1) is 20.8. The van der Waals surface area contributed by atoms with Gasteiger partial charge < -0.3 is 15.0 Å². The van der Waals surface area contributed by atoms with Crippen LogP contribution in [0.5, 0.6) is 0 Å². The molecular weight excluding hydrogens is 421 g/mol. The average Bonchev–Trinajstić information content (AvgIpc) is 3.18. The molecule has 0 amide bonds. The summed E-state index contributed by atoms with van der Waals surface area (Å²) in [5, 5.41) is 7.08. The van der Waals surface area contributed by atoms with Crippen LogP contribution >= 0.6 is 0 Å². The number of aryl methyl sites for hydroxylation is 1. The van der Waals surface area contributed by atoms with E-state index in [1.807, 2.05) is 17.9 Å². The van der Waals surface area contributed by atoms with Crippen LogP contribution in [0.15, 0.2) is 36.7 Å². The molecule has 1 N–H and O–H groups in total. The van der Waals surface area contributed by atoms with Gasteiger partial charge in [-0.3, -0.25) is 4.90 Å². The van der Waals surface area contributed by atoms with Gasteiger partial charge in [-0.25, -0.2) is 17.9 Å². The van der Waals surface area contributed by atoms with Crippen molar-refractivity contribution >= 4 is 17.3 Å². The third-order valence-electron chi connectivity index (χ3n) is 5.84. The molecule has 0 unspecified atom stereocenters. The van der Waals surface area contributed by atoms with Gasteiger partial charge in [-0.2, -0.15) is 4.98 Å².